The number of H-pyrrole nitrogens is 1. The number of methoxy groups -OCH3 is 1. The summed E-state index contributed by atoms with van der Waals surface area (Å²) in [5.74, 6) is 0.839. The van der Waals surface area contributed by atoms with Crippen molar-refractivity contribution in [2.75, 3.05) is 19.1 Å². The summed E-state index contributed by atoms with van der Waals surface area (Å²) in [6, 6.07) is 4.63. The molecule has 0 unspecified atom stereocenters. The number of aromatic amines is 1. The van der Waals surface area contributed by atoms with E-state index in [4.69, 9.17) is 10.5 Å². The molecule has 7 heteroatoms. The minimum absolute atomic E-state index is 0.199. The number of aromatic nitrogens is 2. The van der Waals surface area contributed by atoms with Gasteiger partial charge in [0, 0.05) is 17.4 Å². The van der Waals surface area contributed by atoms with Crippen molar-refractivity contribution in [2.24, 2.45) is 0 Å². The Hall–Kier alpha value is -2.02. The van der Waals surface area contributed by atoms with Gasteiger partial charge in [0.1, 0.15) is 11.6 Å². The second-order valence-corrected chi connectivity index (χ2v) is 5.85. The van der Waals surface area contributed by atoms with Crippen LogP contribution in [0.25, 0.3) is 11.1 Å². The first-order valence-corrected chi connectivity index (χ1v) is 7.00. The number of anilines is 1. The first-order chi connectivity index (χ1) is 8.43. The molecule has 0 amide bonds. The lowest BCUT2D eigenvalue weighted by Crippen LogP contribution is -1.99. The van der Waals surface area contributed by atoms with Gasteiger partial charge in [-0.1, -0.05) is 0 Å². The number of nitrogens with one attached hydrogen (secondary N) is 1. The minimum Gasteiger partial charge on any atom is -0.496 e. The van der Waals surface area contributed by atoms with Crippen molar-refractivity contribution in [3.8, 4) is 16.9 Å². The van der Waals surface area contributed by atoms with Gasteiger partial charge in [-0.05, 0) is 18.2 Å². The van der Waals surface area contributed by atoms with E-state index in [9.17, 15) is 8.42 Å². The van der Waals surface area contributed by atoms with Crippen LogP contribution in [0, 0.1) is 0 Å². The number of nitrogen functional groups attached to an aromatic ring is 1. The predicted molar refractivity (Wildman–Crippen MR) is 68.1 cm³/mol. The van der Waals surface area contributed by atoms with Gasteiger partial charge in [-0.3, -0.25) is 5.10 Å². The van der Waals surface area contributed by atoms with Gasteiger partial charge in [-0.2, -0.15) is 5.10 Å². The SMILES string of the molecule is COc1cc(S(C)(=O)=O)ccc1-c1cn[nH]c1N. The first-order valence-electron chi connectivity index (χ1n) is 5.11. The van der Waals surface area contributed by atoms with Gasteiger partial charge in [-0.25, -0.2) is 8.42 Å². The van der Waals surface area contributed by atoms with Crippen LogP contribution in [0.5, 0.6) is 5.75 Å². The maximum Gasteiger partial charge on any atom is 0.175 e. The zero-order chi connectivity index (χ0) is 13.3. The molecule has 1 aromatic carbocycles. The summed E-state index contributed by atoms with van der Waals surface area (Å²) in [5, 5.41) is 6.44. The Morgan fingerprint density at radius 3 is 2.56 bits per heavy atom. The summed E-state index contributed by atoms with van der Waals surface area (Å²) in [4.78, 5) is 0.199. The zero-order valence-electron chi connectivity index (χ0n) is 9.97. The van der Waals surface area contributed by atoms with Crippen LogP contribution in [0.4, 0.5) is 5.82 Å². The summed E-state index contributed by atoms with van der Waals surface area (Å²) in [6.07, 6.45) is 2.71. The number of ether oxygens (including phenoxy) is 1. The molecule has 1 heterocycles. The number of hydrogen-bond acceptors (Lipinski definition) is 5. The maximum atomic E-state index is 11.5. The summed E-state index contributed by atoms with van der Waals surface area (Å²) in [6.45, 7) is 0. The van der Waals surface area contributed by atoms with Crippen LogP contribution in [0.2, 0.25) is 0 Å². The largest absolute Gasteiger partial charge is 0.496 e. The van der Waals surface area contributed by atoms with Crippen LogP contribution in [-0.2, 0) is 9.84 Å². The van der Waals surface area contributed by atoms with Gasteiger partial charge in [0.2, 0.25) is 0 Å². The number of nitrogens with two attached hydrogens (primary N) is 1. The first kappa shape index (κ1) is 12.4. The summed E-state index contributed by atoms with van der Waals surface area (Å²) < 4.78 is 28.1. The summed E-state index contributed by atoms with van der Waals surface area (Å²) in [7, 11) is -1.79. The monoisotopic (exact) mass is 267 g/mol. The van der Waals surface area contributed by atoms with Crippen molar-refractivity contribution in [1.29, 1.82) is 0 Å². The third-order valence-electron chi connectivity index (χ3n) is 2.56. The van der Waals surface area contributed by atoms with Crippen molar-refractivity contribution in [3.63, 3.8) is 0 Å². The van der Waals surface area contributed by atoms with Crippen molar-refractivity contribution >= 4 is 15.7 Å². The fourth-order valence-corrected chi connectivity index (χ4v) is 2.27. The predicted octanol–water partition coefficient (Wildman–Crippen LogP) is 1.07. The summed E-state index contributed by atoms with van der Waals surface area (Å²) >= 11 is 0. The lowest BCUT2D eigenvalue weighted by Gasteiger charge is -2.09. The van der Waals surface area contributed by atoms with Crippen LogP contribution >= 0.6 is 0 Å². The average Bonchev–Trinajstić information content (AvgIpc) is 2.73. The maximum absolute atomic E-state index is 11.5. The standard InChI is InChI=1S/C11H13N3O3S/c1-17-10-5-7(18(2,15)16)3-4-8(10)9-6-13-14-11(9)12/h3-6H,1-2H3,(H3,12,13,14). The van der Waals surface area contributed by atoms with Gasteiger partial charge in [-0.15, -0.1) is 0 Å². The van der Waals surface area contributed by atoms with E-state index in [0.717, 1.165) is 6.26 Å². The molecule has 2 aromatic rings. The lowest BCUT2D eigenvalue weighted by atomic mass is 10.1. The quantitative estimate of drug-likeness (QED) is 0.866. The number of sulfone groups is 1. The van der Waals surface area contributed by atoms with E-state index in [0.29, 0.717) is 22.7 Å². The molecule has 0 atom stereocenters. The number of hydrogen-bond donors (Lipinski definition) is 2. The summed E-state index contributed by atoms with van der Waals surface area (Å²) in [5.41, 5.74) is 7.09. The van der Waals surface area contributed by atoms with Gasteiger partial charge in [0.05, 0.1) is 18.2 Å². The highest BCUT2D eigenvalue weighted by Crippen LogP contribution is 2.34. The Morgan fingerprint density at radius 1 is 1.33 bits per heavy atom. The molecule has 18 heavy (non-hydrogen) atoms. The Morgan fingerprint density at radius 2 is 2.06 bits per heavy atom. The van der Waals surface area contributed by atoms with Crippen LogP contribution in [0.15, 0.2) is 29.3 Å². The molecule has 0 saturated carbocycles. The van der Waals surface area contributed by atoms with Gasteiger partial charge in [0.25, 0.3) is 0 Å². The van der Waals surface area contributed by atoms with E-state index in [1.165, 1.54) is 19.2 Å². The van der Waals surface area contributed by atoms with Crippen LogP contribution in [0.3, 0.4) is 0 Å². The third-order valence-corrected chi connectivity index (χ3v) is 3.67. The average molecular weight is 267 g/mol. The molecular formula is C11H13N3O3S. The molecule has 0 fully saturated rings. The van der Waals surface area contributed by atoms with E-state index in [1.807, 2.05) is 0 Å². The molecule has 2 rings (SSSR count). The van der Waals surface area contributed by atoms with Crippen molar-refractivity contribution in [2.45, 2.75) is 4.90 Å². The van der Waals surface area contributed by atoms with E-state index in [-0.39, 0.29) is 4.90 Å². The number of benzene rings is 1. The van der Waals surface area contributed by atoms with Gasteiger partial charge < -0.3 is 10.5 Å². The smallest absolute Gasteiger partial charge is 0.175 e. The van der Waals surface area contributed by atoms with Gasteiger partial charge in [0.15, 0.2) is 9.84 Å². The molecule has 0 aliphatic carbocycles. The fourth-order valence-electron chi connectivity index (χ4n) is 1.64. The van der Waals surface area contributed by atoms with Crippen molar-refractivity contribution in [1.82, 2.24) is 10.2 Å². The molecule has 0 radical (unpaired) electrons. The van der Waals surface area contributed by atoms with E-state index in [1.54, 1.807) is 12.3 Å². The molecule has 1 aromatic heterocycles. The minimum atomic E-state index is -3.27. The second kappa shape index (κ2) is 4.34. The highest BCUT2D eigenvalue weighted by Gasteiger charge is 2.15. The van der Waals surface area contributed by atoms with Crippen LogP contribution in [-0.4, -0.2) is 32.0 Å². The lowest BCUT2D eigenvalue weighted by molar-refractivity contribution is 0.415. The molecule has 0 aliphatic heterocycles. The fraction of sp³-hybridized carbons (Fsp3) is 0.182. The molecule has 3 N–H and O–H groups in total. The second-order valence-electron chi connectivity index (χ2n) is 3.83. The van der Waals surface area contributed by atoms with E-state index in [2.05, 4.69) is 10.2 Å². The highest BCUT2D eigenvalue weighted by molar-refractivity contribution is 7.90. The number of rotatable bonds is 3. The molecule has 0 saturated heterocycles. The Bertz CT molecular complexity index is 677. The van der Waals surface area contributed by atoms with E-state index >= 15 is 0 Å². The molecule has 0 aliphatic rings. The van der Waals surface area contributed by atoms with E-state index < -0.39 is 9.84 Å². The van der Waals surface area contributed by atoms with Crippen molar-refractivity contribution in [3.05, 3.63) is 24.4 Å². The zero-order valence-corrected chi connectivity index (χ0v) is 10.8. The normalized spacial score (nSPS) is 11.4. The highest BCUT2D eigenvalue weighted by atomic mass is 32.2. The van der Waals surface area contributed by atoms with Crippen LogP contribution < -0.4 is 10.5 Å². The Kier molecular flexibility index (Phi) is 3.00. The topological polar surface area (TPSA) is 98.1 Å². The Balaban J connectivity index is 2.61. The molecule has 96 valence electrons. The molecular weight excluding hydrogens is 254 g/mol. The van der Waals surface area contributed by atoms with Crippen molar-refractivity contribution < 1.29 is 13.2 Å². The Labute approximate surface area is 105 Å². The van der Waals surface area contributed by atoms with Crippen LogP contribution in [0.1, 0.15) is 0 Å². The number of nitrogens with zero attached hydrogens (tertiary/aromatic N) is 1. The molecule has 6 nitrogen and oxygen atoms in total. The molecule has 0 spiro atoms. The third kappa shape index (κ3) is 2.17. The molecule has 0 bridgehead atoms. The van der Waals surface area contributed by atoms with Gasteiger partial charge >= 0.3 is 0 Å².